The van der Waals surface area contributed by atoms with Crippen molar-refractivity contribution in [2.75, 3.05) is 70.7 Å². The molecule has 1 N–H and O–H groups in total. The zero-order chi connectivity index (χ0) is 15.3. The highest BCUT2D eigenvalue weighted by Crippen LogP contribution is 2.30. The Morgan fingerprint density at radius 1 is 1.09 bits per heavy atom. The number of benzene rings is 1. The molecule has 122 valence electrons. The summed E-state index contributed by atoms with van der Waals surface area (Å²) in [5, 5.41) is 9.72. The zero-order valence-electron chi connectivity index (χ0n) is 13.1. The third-order valence-electron chi connectivity index (χ3n) is 4.59. The average Bonchev–Trinajstić information content (AvgIpc) is 2.55. The van der Waals surface area contributed by atoms with Crippen LogP contribution in [0, 0.1) is 5.41 Å². The van der Waals surface area contributed by atoms with Crippen LogP contribution in [0.3, 0.4) is 0 Å². The standard InChI is InChI=1S/C17H26N2O3/c20-13-17(14-22-15-17)12-19(16-4-2-1-3-5-16)7-6-18-8-10-21-11-9-18/h1-5,20H,6-15H2. The van der Waals surface area contributed by atoms with Crippen LogP contribution in [0.1, 0.15) is 0 Å². The lowest BCUT2D eigenvalue weighted by atomic mass is 9.86. The predicted molar refractivity (Wildman–Crippen MR) is 86.3 cm³/mol. The van der Waals surface area contributed by atoms with Gasteiger partial charge in [0.15, 0.2) is 0 Å². The minimum absolute atomic E-state index is 0.0964. The number of nitrogens with zero attached hydrogens (tertiary/aromatic N) is 2. The summed E-state index contributed by atoms with van der Waals surface area (Å²) < 4.78 is 10.8. The Hall–Kier alpha value is -1.14. The maximum Gasteiger partial charge on any atom is 0.0594 e. The first-order valence-electron chi connectivity index (χ1n) is 8.10. The molecule has 2 fully saturated rings. The predicted octanol–water partition coefficient (Wildman–Crippen LogP) is 0.834. The number of para-hydroxylation sites is 1. The van der Waals surface area contributed by atoms with Gasteiger partial charge >= 0.3 is 0 Å². The van der Waals surface area contributed by atoms with Crippen molar-refractivity contribution in [3.63, 3.8) is 0 Å². The number of rotatable bonds is 7. The monoisotopic (exact) mass is 306 g/mol. The van der Waals surface area contributed by atoms with E-state index in [1.54, 1.807) is 0 Å². The molecule has 0 amide bonds. The molecule has 0 bridgehead atoms. The Labute approximate surface area is 132 Å². The van der Waals surface area contributed by atoms with Gasteiger partial charge in [-0.05, 0) is 12.1 Å². The molecule has 0 radical (unpaired) electrons. The summed E-state index contributed by atoms with van der Waals surface area (Å²) in [6.45, 7) is 8.03. The second kappa shape index (κ2) is 7.42. The number of hydrogen-bond acceptors (Lipinski definition) is 5. The van der Waals surface area contributed by atoms with Crippen LogP contribution < -0.4 is 4.90 Å². The fourth-order valence-electron chi connectivity index (χ4n) is 3.05. The van der Waals surface area contributed by atoms with Crippen LogP contribution in [0.5, 0.6) is 0 Å². The van der Waals surface area contributed by atoms with Gasteiger partial charge in [-0.3, -0.25) is 4.90 Å². The minimum atomic E-state index is -0.0964. The van der Waals surface area contributed by atoms with Gasteiger partial charge in [-0.2, -0.15) is 0 Å². The maximum absolute atomic E-state index is 9.72. The smallest absolute Gasteiger partial charge is 0.0594 e. The van der Waals surface area contributed by atoms with Crippen molar-refractivity contribution in [3.05, 3.63) is 30.3 Å². The Bertz CT molecular complexity index is 439. The van der Waals surface area contributed by atoms with Crippen LogP contribution in [0.4, 0.5) is 5.69 Å². The molecule has 0 atom stereocenters. The van der Waals surface area contributed by atoms with Crippen LogP contribution in [-0.2, 0) is 9.47 Å². The number of hydrogen-bond donors (Lipinski definition) is 1. The third-order valence-corrected chi connectivity index (χ3v) is 4.59. The van der Waals surface area contributed by atoms with Gasteiger partial charge in [0.1, 0.15) is 0 Å². The van der Waals surface area contributed by atoms with Gasteiger partial charge in [0, 0.05) is 38.4 Å². The number of aliphatic hydroxyl groups is 1. The highest BCUT2D eigenvalue weighted by molar-refractivity contribution is 5.46. The van der Waals surface area contributed by atoms with Gasteiger partial charge in [0.25, 0.3) is 0 Å². The van der Waals surface area contributed by atoms with E-state index in [9.17, 15) is 5.11 Å². The summed E-state index contributed by atoms with van der Waals surface area (Å²) in [5.74, 6) is 0. The van der Waals surface area contributed by atoms with Gasteiger partial charge < -0.3 is 19.5 Å². The molecular weight excluding hydrogens is 280 g/mol. The van der Waals surface area contributed by atoms with Crippen molar-refractivity contribution >= 4 is 5.69 Å². The zero-order valence-corrected chi connectivity index (χ0v) is 13.1. The Balaban J connectivity index is 1.63. The Kier molecular flexibility index (Phi) is 5.31. The lowest BCUT2D eigenvalue weighted by Crippen LogP contribution is -2.54. The molecule has 0 aromatic heterocycles. The number of morpholine rings is 1. The van der Waals surface area contributed by atoms with Crippen molar-refractivity contribution in [2.45, 2.75) is 0 Å². The van der Waals surface area contributed by atoms with E-state index in [1.807, 2.05) is 6.07 Å². The van der Waals surface area contributed by atoms with E-state index < -0.39 is 0 Å². The highest BCUT2D eigenvalue weighted by Gasteiger charge is 2.39. The van der Waals surface area contributed by atoms with E-state index in [4.69, 9.17) is 9.47 Å². The van der Waals surface area contributed by atoms with Gasteiger partial charge in [0.05, 0.1) is 38.4 Å². The van der Waals surface area contributed by atoms with Crippen molar-refractivity contribution in [1.29, 1.82) is 0 Å². The lowest BCUT2D eigenvalue weighted by molar-refractivity contribution is -0.131. The number of ether oxygens (including phenoxy) is 2. The van der Waals surface area contributed by atoms with Crippen molar-refractivity contribution in [1.82, 2.24) is 4.90 Å². The van der Waals surface area contributed by atoms with Gasteiger partial charge in [0.2, 0.25) is 0 Å². The molecule has 1 aromatic rings. The Morgan fingerprint density at radius 3 is 2.41 bits per heavy atom. The van der Waals surface area contributed by atoms with E-state index in [2.05, 4.69) is 34.1 Å². The maximum atomic E-state index is 9.72. The van der Waals surface area contributed by atoms with Gasteiger partial charge in [-0.25, -0.2) is 0 Å². The first-order valence-corrected chi connectivity index (χ1v) is 8.10. The molecule has 2 heterocycles. The second-order valence-electron chi connectivity index (χ2n) is 6.36. The molecule has 5 heteroatoms. The topological polar surface area (TPSA) is 45.2 Å². The summed E-state index contributed by atoms with van der Waals surface area (Å²) in [5.41, 5.74) is 1.12. The van der Waals surface area contributed by atoms with E-state index in [0.29, 0.717) is 13.2 Å². The number of aliphatic hydroxyl groups excluding tert-OH is 1. The van der Waals surface area contributed by atoms with Crippen LogP contribution in [0.25, 0.3) is 0 Å². The van der Waals surface area contributed by atoms with E-state index in [0.717, 1.165) is 45.9 Å². The summed E-state index contributed by atoms with van der Waals surface area (Å²) in [4.78, 5) is 4.83. The largest absolute Gasteiger partial charge is 0.396 e. The summed E-state index contributed by atoms with van der Waals surface area (Å²) in [7, 11) is 0. The first-order chi connectivity index (χ1) is 10.8. The van der Waals surface area contributed by atoms with Gasteiger partial charge in [-0.15, -0.1) is 0 Å². The number of anilines is 1. The SMILES string of the molecule is OCC1(CN(CCN2CCOCC2)c2ccccc2)COC1. The molecular formula is C17H26N2O3. The summed E-state index contributed by atoms with van der Waals surface area (Å²) in [6, 6.07) is 10.5. The first kappa shape index (κ1) is 15.7. The van der Waals surface area contributed by atoms with Crippen LogP contribution in [0.15, 0.2) is 30.3 Å². The minimum Gasteiger partial charge on any atom is -0.396 e. The van der Waals surface area contributed by atoms with E-state index >= 15 is 0 Å². The van der Waals surface area contributed by atoms with Crippen molar-refractivity contribution in [2.24, 2.45) is 5.41 Å². The van der Waals surface area contributed by atoms with Crippen LogP contribution >= 0.6 is 0 Å². The molecule has 1 aromatic carbocycles. The molecule has 3 rings (SSSR count). The fourth-order valence-corrected chi connectivity index (χ4v) is 3.05. The fraction of sp³-hybridized carbons (Fsp3) is 0.647. The third kappa shape index (κ3) is 3.79. The molecule has 0 aliphatic carbocycles. The molecule has 22 heavy (non-hydrogen) atoms. The lowest BCUT2D eigenvalue weighted by Gasteiger charge is -2.44. The van der Waals surface area contributed by atoms with Crippen molar-refractivity contribution in [3.8, 4) is 0 Å². The quantitative estimate of drug-likeness (QED) is 0.808. The average molecular weight is 306 g/mol. The summed E-state index contributed by atoms with van der Waals surface area (Å²) in [6.07, 6.45) is 0. The molecule has 5 nitrogen and oxygen atoms in total. The van der Waals surface area contributed by atoms with Gasteiger partial charge in [-0.1, -0.05) is 18.2 Å². The Morgan fingerprint density at radius 2 is 1.82 bits per heavy atom. The second-order valence-corrected chi connectivity index (χ2v) is 6.36. The molecule has 0 unspecified atom stereocenters. The molecule has 0 saturated carbocycles. The highest BCUT2D eigenvalue weighted by atomic mass is 16.5. The van der Waals surface area contributed by atoms with Crippen LogP contribution in [-0.4, -0.2) is 75.8 Å². The molecule has 0 spiro atoms. The van der Waals surface area contributed by atoms with Crippen molar-refractivity contribution < 1.29 is 14.6 Å². The summed E-state index contributed by atoms with van der Waals surface area (Å²) >= 11 is 0. The van der Waals surface area contributed by atoms with E-state index in [-0.39, 0.29) is 12.0 Å². The molecule has 2 saturated heterocycles. The molecule has 2 aliphatic heterocycles. The normalized spacial score (nSPS) is 21.3. The van der Waals surface area contributed by atoms with E-state index in [1.165, 1.54) is 5.69 Å². The van der Waals surface area contributed by atoms with Crippen LogP contribution in [0.2, 0.25) is 0 Å². The molecule has 2 aliphatic rings.